The number of hydrogen-bond acceptors (Lipinski definition) is 5. The third kappa shape index (κ3) is 2.76. The van der Waals surface area contributed by atoms with Crippen LogP contribution in [-0.4, -0.2) is 33.3 Å². The van der Waals surface area contributed by atoms with Crippen molar-refractivity contribution in [3.05, 3.63) is 16.8 Å². The molecule has 0 amide bonds. The van der Waals surface area contributed by atoms with E-state index >= 15 is 0 Å². The van der Waals surface area contributed by atoms with Gasteiger partial charge in [-0.25, -0.2) is 5.01 Å². The first kappa shape index (κ1) is 13.2. The lowest BCUT2D eigenvalue weighted by Crippen LogP contribution is -2.36. The van der Waals surface area contributed by atoms with Crippen molar-refractivity contribution in [3.63, 3.8) is 0 Å². The van der Waals surface area contributed by atoms with E-state index in [1.165, 1.54) is 19.3 Å². The lowest BCUT2D eigenvalue weighted by molar-refractivity contribution is 0.272. The van der Waals surface area contributed by atoms with Gasteiger partial charge in [-0.05, 0) is 32.3 Å². The van der Waals surface area contributed by atoms with Gasteiger partial charge in [0, 0.05) is 13.1 Å². The Balaban J connectivity index is 2.26. The first-order valence-electron chi connectivity index (χ1n) is 6.25. The van der Waals surface area contributed by atoms with Gasteiger partial charge >= 0.3 is 0 Å². The standard InChI is InChI=1S/C12H19N5S/c1-8-9(2)14-15-12(10(8)11(13)18)16-17-6-4-3-5-7-17/h3-7H2,1-2H3,(H2,13,18)(H,15,16). The Morgan fingerprint density at radius 2 is 1.89 bits per heavy atom. The molecular formula is C12H19N5S. The van der Waals surface area contributed by atoms with Gasteiger partial charge in [0.1, 0.15) is 4.99 Å². The lowest BCUT2D eigenvalue weighted by atomic mass is 10.1. The van der Waals surface area contributed by atoms with Crippen LogP contribution in [-0.2, 0) is 0 Å². The first-order chi connectivity index (χ1) is 8.59. The van der Waals surface area contributed by atoms with E-state index in [4.69, 9.17) is 18.0 Å². The molecule has 98 valence electrons. The highest BCUT2D eigenvalue weighted by Gasteiger charge is 2.17. The SMILES string of the molecule is Cc1nnc(NN2CCCCC2)c(C(N)=S)c1C. The number of aryl methyl sites for hydroxylation is 1. The number of rotatable bonds is 3. The molecule has 5 nitrogen and oxygen atoms in total. The van der Waals surface area contributed by atoms with Gasteiger partial charge in [0.15, 0.2) is 5.82 Å². The molecule has 0 spiro atoms. The molecule has 0 atom stereocenters. The average Bonchev–Trinajstić information content (AvgIpc) is 2.35. The van der Waals surface area contributed by atoms with Crippen molar-refractivity contribution in [1.82, 2.24) is 15.2 Å². The summed E-state index contributed by atoms with van der Waals surface area (Å²) in [4.78, 5) is 0.366. The van der Waals surface area contributed by atoms with E-state index in [2.05, 4.69) is 20.6 Å². The molecule has 3 N–H and O–H groups in total. The molecule has 2 rings (SSSR count). The topological polar surface area (TPSA) is 67.1 Å². The van der Waals surface area contributed by atoms with Crippen molar-refractivity contribution >= 4 is 23.0 Å². The third-order valence-corrected chi connectivity index (χ3v) is 3.53. The Kier molecular flexibility index (Phi) is 4.08. The molecule has 1 saturated heterocycles. The molecule has 0 radical (unpaired) electrons. The Bertz CT molecular complexity index is 454. The van der Waals surface area contributed by atoms with Crippen molar-refractivity contribution in [2.24, 2.45) is 5.73 Å². The zero-order valence-corrected chi connectivity index (χ0v) is 11.7. The maximum atomic E-state index is 5.79. The summed E-state index contributed by atoms with van der Waals surface area (Å²) in [6, 6.07) is 0. The molecule has 2 heterocycles. The summed E-state index contributed by atoms with van der Waals surface area (Å²) in [5.74, 6) is 0.674. The molecule has 1 aromatic heterocycles. The molecule has 0 bridgehead atoms. The number of anilines is 1. The number of nitrogens with two attached hydrogens (primary N) is 1. The molecule has 1 aliphatic heterocycles. The van der Waals surface area contributed by atoms with Crippen LogP contribution in [0.4, 0.5) is 5.82 Å². The normalized spacial score (nSPS) is 16.6. The van der Waals surface area contributed by atoms with Crippen LogP contribution in [0.3, 0.4) is 0 Å². The Hall–Kier alpha value is -1.27. The van der Waals surface area contributed by atoms with Crippen molar-refractivity contribution in [2.45, 2.75) is 33.1 Å². The number of aromatic nitrogens is 2. The van der Waals surface area contributed by atoms with Crippen molar-refractivity contribution in [2.75, 3.05) is 18.5 Å². The number of nitrogens with one attached hydrogen (secondary N) is 1. The highest BCUT2D eigenvalue weighted by molar-refractivity contribution is 7.80. The fourth-order valence-electron chi connectivity index (χ4n) is 2.14. The molecule has 0 unspecified atom stereocenters. The van der Waals surface area contributed by atoms with Gasteiger partial charge in [-0.3, -0.25) is 0 Å². The fourth-order valence-corrected chi connectivity index (χ4v) is 2.39. The molecule has 0 aromatic carbocycles. The van der Waals surface area contributed by atoms with Gasteiger partial charge in [-0.15, -0.1) is 5.10 Å². The maximum absolute atomic E-state index is 5.79. The summed E-state index contributed by atoms with van der Waals surface area (Å²) in [5, 5.41) is 10.5. The van der Waals surface area contributed by atoms with Gasteiger partial charge in [0.25, 0.3) is 0 Å². The van der Waals surface area contributed by atoms with Gasteiger partial charge in [-0.1, -0.05) is 18.6 Å². The second-order valence-corrected chi connectivity index (χ2v) is 5.10. The van der Waals surface area contributed by atoms with Gasteiger partial charge < -0.3 is 11.2 Å². The lowest BCUT2D eigenvalue weighted by Gasteiger charge is -2.28. The van der Waals surface area contributed by atoms with E-state index < -0.39 is 0 Å². The van der Waals surface area contributed by atoms with E-state index in [1.54, 1.807) is 0 Å². The predicted octanol–water partition coefficient (Wildman–Crippen LogP) is 1.54. The van der Waals surface area contributed by atoms with Crippen LogP contribution in [0.15, 0.2) is 0 Å². The largest absolute Gasteiger partial charge is 0.389 e. The van der Waals surface area contributed by atoms with Crippen molar-refractivity contribution < 1.29 is 0 Å². The summed E-state index contributed by atoms with van der Waals surface area (Å²) < 4.78 is 0. The minimum Gasteiger partial charge on any atom is -0.389 e. The molecule has 1 aliphatic rings. The number of hydrazine groups is 1. The second-order valence-electron chi connectivity index (χ2n) is 4.66. The number of piperidine rings is 1. The summed E-state index contributed by atoms with van der Waals surface area (Å²) in [6.07, 6.45) is 3.69. The quantitative estimate of drug-likeness (QED) is 0.808. The van der Waals surface area contributed by atoms with E-state index in [0.717, 1.165) is 29.9 Å². The molecule has 1 fully saturated rings. The number of hydrogen-bond donors (Lipinski definition) is 2. The van der Waals surface area contributed by atoms with Crippen molar-refractivity contribution in [3.8, 4) is 0 Å². The van der Waals surface area contributed by atoms with Gasteiger partial charge in [0.05, 0.1) is 11.3 Å². The fraction of sp³-hybridized carbons (Fsp3) is 0.583. The first-order valence-corrected chi connectivity index (χ1v) is 6.65. The average molecular weight is 265 g/mol. The van der Waals surface area contributed by atoms with Gasteiger partial charge in [-0.2, -0.15) is 5.10 Å². The maximum Gasteiger partial charge on any atom is 0.173 e. The third-order valence-electron chi connectivity index (χ3n) is 3.32. The molecule has 0 aliphatic carbocycles. The van der Waals surface area contributed by atoms with E-state index in [9.17, 15) is 0 Å². The minimum atomic E-state index is 0.366. The van der Waals surface area contributed by atoms with Crippen molar-refractivity contribution in [1.29, 1.82) is 0 Å². The Morgan fingerprint density at radius 3 is 2.50 bits per heavy atom. The van der Waals surface area contributed by atoms with Crippen LogP contribution in [0.25, 0.3) is 0 Å². The number of nitrogens with zero attached hydrogens (tertiary/aromatic N) is 3. The second kappa shape index (κ2) is 5.58. The van der Waals surface area contributed by atoms with Gasteiger partial charge in [0.2, 0.25) is 0 Å². The molecule has 6 heteroatoms. The zero-order valence-electron chi connectivity index (χ0n) is 10.9. The molecular weight excluding hydrogens is 246 g/mol. The summed E-state index contributed by atoms with van der Waals surface area (Å²) in [6.45, 7) is 5.92. The summed E-state index contributed by atoms with van der Waals surface area (Å²) in [7, 11) is 0. The molecule has 0 saturated carbocycles. The van der Waals surface area contributed by atoms with Crippen LogP contribution in [0, 0.1) is 13.8 Å². The van der Waals surface area contributed by atoms with E-state index in [1.807, 2.05) is 13.8 Å². The zero-order chi connectivity index (χ0) is 13.1. The Labute approximate surface area is 113 Å². The predicted molar refractivity (Wildman–Crippen MR) is 76.4 cm³/mol. The monoisotopic (exact) mass is 265 g/mol. The molecule has 18 heavy (non-hydrogen) atoms. The Morgan fingerprint density at radius 1 is 1.22 bits per heavy atom. The van der Waals surface area contributed by atoms with Crippen LogP contribution < -0.4 is 11.2 Å². The highest BCUT2D eigenvalue weighted by Crippen LogP contribution is 2.20. The van der Waals surface area contributed by atoms with Crippen LogP contribution >= 0.6 is 12.2 Å². The number of thiocarbonyl (C=S) groups is 1. The van der Waals surface area contributed by atoms with E-state index in [0.29, 0.717) is 10.8 Å². The molecule has 1 aromatic rings. The van der Waals surface area contributed by atoms with Crippen LogP contribution in [0.5, 0.6) is 0 Å². The smallest absolute Gasteiger partial charge is 0.173 e. The minimum absolute atomic E-state index is 0.366. The summed E-state index contributed by atoms with van der Waals surface area (Å²) >= 11 is 5.12. The highest BCUT2D eigenvalue weighted by atomic mass is 32.1. The van der Waals surface area contributed by atoms with Crippen LogP contribution in [0.2, 0.25) is 0 Å². The van der Waals surface area contributed by atoms with Crippen LogP contribution in [0.1, 0.15) is 36.1 Å². The van der Waals surface area contributed by atoms with E-state index in [-0.39, 0.29) is 0 Å². The summed E-state index contributed by atoms with van der Waals surface area (Å²) in [5.41, 5.74) is 11.8.